The fraction of sp³-hybridized carbons (Fsp3) is 0.474. The largest absolute Gasteiger partial charge is 0.511 e. The van der Waals surface area contributed by atoms with Crippen LogP contribution in [-0.4, -0.2) is 208 Å². The number of nitrogens with zero attached hydrogens (tertiary/aromatic N) is 13. The number of aliphatic hydroxyl groups excluding tert-OH is 4. The maximum atomic E-state index is 13.4. The maximum Gasteiger partial charge on any atom is 0.181 e. The van der Waals surface area contributed by atoms with Crippen molar-refractivity contribution in [3.63, 3.8) is 0 Å². The Labute approximate surface area is 452 Å². The molecule has 6 aromatic rings. The zero-order valence-electron chi connectivity index (χ0n) is 43.9. The quantitative estimate of drug-likeness (QED) is 0.0698. The molecule has 5 N–H and O–H groups in total. The van der Waals surface area contributed by atoms with E-state index >= 15 is 0 Å². The summed E-state index contributed by atoms with van der Waals surface area (Å²) in [5, 5.41) is 42.4. The first-order chi connectivity index (χ1) is 38.2. The molecule has 4 aromatic heterocycles. The monoisotopic (exact) mass is 1060 g/mol. The first kappa shape index (κ1) is 53.0. The molecule has 3 fully saturated rings. The number of β-amino-alcohol motifs (C(OH)–C–C–N with tert-alkyl or cyclic N) is 1. The summed E-state index contributed by atoms with van der Waals surface area (Å²) in [7, 11) is 0. The predicted octanol–water partition coefficient (Wildman–Crippen LogP) is 5.15. The molecule has 5 aliphatic rings. The summed E-state index contributed by atoms with van der Waals surface area (Å²) in [5.41, 5.74) is 8.17. The molecule has 0 spiro atoms. The van der Waals surface area contributed by atoms with Crippen LogP contribution in [0.2, 0.25) is 0 Å². The van der Waals surface area contributed by atoms with Crippen molar-refractivity contribution in [1.82, 2.24) is 59.1 Å². The number of ketones is 2. The molecular weight excluding hydrogens is 993 g/mol. The van der Waals surface area contributed by atoms with Gasteiger partial charge < -0.3 is 30.1 Å². The molecule has 11 rings (SSSR count). The van der Waals surface area contributed by atoms with Gasteiger partial charge in [-0.05, 0) is 42.2 Å². The van der Waals surface area contributed by atoms with Gasteiger partial charge in [0.05, 0.1) is 61.8 Å². The Morgan fingerprint density at radius 1 is 0.679 bits per heavy atom. The van der Waals surface area contributed by atoms with Gasteiger partial charge in [0.15, 0.2) is 28.7 Å². The lowest BCUT2D eigenvalue weighted by Gasteiger charge is -2.38. The lowest BCUT2D eigenvalue weighted by Crippen LogP contribution is -2.49. The van der Waals surface area contributed by atoms with Crippen molar-refractivity contribution in [3.05, 3.63) is 107 Å². The lowest BCUT2D eigenvalue weighted by molar-refractivity contribution is -0.117. The van der Waals surface area contributed by atoms with E-state index in [1.165, 1.54) is 18.8 Å². The molecule has 0 saturated carbocycles. The molecule has 4 atom stereocenters. The molecule has 2 aromatic carbocycles. The molecule has 0 amide bonds. The Morgan fingerprint density at radius 2 is 1.27 bits per heavy atom. The molecule has 3 saturated heterocycles. The zero-order chi connectivity index (χ0) is 53.5. The number of imidazole rings is 2. The summed E-state index contributed by atoms with van der Waals surface area (Å²) in [5.74, 6) is -0.0109. The smallest absolute Gasteiger partial charge is 0.181 e. The lowest BCUT2D eigenvalue weighted by atomic mass is 9.82. The molecule has 21 nitrogen and oxygen atoms in total. The molecule has 4 unspecified atom stereocenters. The van der Waals surface area contributed by atoms with Gasteiger partial charge >= 0.3 is 0 Å². The van der Waals surface area contributed by atoms with Crippen LogP contribution < -0.4 is 0 Å². The highest BCUT2D eigenvalue weighted by Gasteiger charge is 2.32. The van der Waals surface area contributed by atoms with Crippen molar-refractivity contribution >= 4 is 46.3 Å². The number of fused-ring (bicyclic) bond motifs is 2. The van der Waals surface area contributed by atoms with E-state index in [1.807, 2.05) is 53.1 Å². The number of benzene rings is 2. The third kappa shape index (κ3) is 11.7. The van der Waals surface area contributed by atoms with Gasteiger partial charge in [0.25, 0.3) is 0 Å². The molecule has 21 heteroatoms. The molecule has 408 valence electrons. The number of hydrogen-bond donors (Lipinski definition) is 5. The summed E-state index contributed by atoms with van der Waals surface area (Å²) < 4.78 is 8.20. The number of rotatable bonds is 18. The number of Topliss-reactive ketones (excluding diaryl/α,β-unsaturated/α-hetero) is 2. The summed E-state index contributed by atoms with van der Waals surface area (Å²) in [6.07, 6.45) is 11.8. The number of aliphatic hydroxyl groups is 4. The van der Waals surface area contributed by atoms with Gasteiger partial charge in [-0.2, -0.15) is 0 Å². The number of H-pyrrole nitrogens is 1. The van der Waals surface area contributed by atoms with E-state index in [0.717, 1.165) is 98.5 Å². The van der Waals surface area contributed by atoms with E-state index in [2.05, 4.69) is 49.5 Å². The number of carbonyl (C=O) groups excluding carboxylic acids is 2. The molecule has 78 heavy (non-hydrogen) atoms. The van der Waals surface area contributed by atoms with Crippen molar-refractivity contribution in [3.8, 4) is 22.5 Å². The second kappa shape index (κ2) is 24.4. The first-order valence-electron chi connectivity index (χ1n) is 27.4. The Bertz CT molecular complexity index is 3200. The Morgan fingerprint density at radius 3 is 1.83 bits per heavy atom. The van der Waals surface area contributed by atoms with E-state index in [1.54, 1.807) is 12.7 Å². The van der Waals surface area contributed by atoms with Crippen molar-refractivity contribution in [1.29, 1.82) is 0 Å². The number of allylic oxidation sites excluding steroid dienone is 4. The van der Waals surface area contributed by atoms with Crippen molar-refractivity contribution in [2.75, 3.05) is 105 Å². The highest BCUT2D eigenvalue weighted by molar-refractivity contribution is 6.15. The van der Waals surface area contributed by atoms with Crippen LogP contribution in [0.4, 0.5) is 0 Å². The van der Waals surface area contributed by atoms with Crippen LogP contribution in [-0.2, 0) is 14.3 Å². The van der Waals surface area contributed by atoms with Gasteiger partial charge in [0, 0.05) is 128 Å². The molecule has 7 heterocycles. The number of aromatic amines is 1. The Balaban J connectivity index is 0.715. The molecule has 0 bridgehead atoms. The normalized spacial score (nSPS) is 22.3. The van der Waals surface area contributed by atoms with E-state index in [0.29, 0.717) is 87.0 Å². The van der Waals surface area contributed by atoms with Crippen LogP contribution in [0.3, 0.4) is 0 Å². The topological polar surface area (TPSA) is 260 Å². The van der Waals surface area contributed by atoms with Gasteiger partial charge in [-0.1, -0.05) is 48.5 Å². The van der Waals surface area contributed by atoms with Crippen molar-refractivity contribution < 1.29 is 34.8 Å². The number of hydrogen-bond acceptors (Lipinski definition) is 19. The average Bonchev–Trinajstić information content (AvgIpc) is 4.15. The van der Waals surface area contributed by atoms with E-state index in [9.17, 15) is 30.0 Å². The second-order valence-electron chi connectivity index (χ2n) is 21.0. The zero-order valence-corrected chi connectivity index (χ0v) is 43.9. The van der Waals surface area contributed by atoms with Crippen LogP contribution >= 0.6 is 0 Å². The average molecular weight is 1060 g/mol. The minimum atomic E-state index is -0.488. The van der Waals surface area contributed by atoms with Gasteiger partial charge in [0.1, 0.15) is 40.8 Å². The minimum absolute atomic E-state index is 0.0534. The number of carbonyl (C=O) groups is 2. The molecular formula is C57H68N14O7. The maximum absolute atomic E-state index is 13.4. The van der Waals surface area contributed by atoms with Crippen molar-refractivity contribution in [2.45, 2.75) is 69.1 Å². The second-order valence-corrected chi connectivity index (χ2v) is 21.0. The van der Waals surface area contributed by atoms with E-state index in [-0.39, 0.29) is 78.4 Å². The van der Waals surface area contributed by atoms with E-state index in [4.69, 9.17) is 19.7 Å². The summed E-state index contributed by atoms with van der Waals surface area (Å²) in [6, 6.07) is 15.4. The SMILES string of the molecule is O=C1CC(c2ccc(-c3nc(C(CO)N4CCN(CCN=CC5=C(O)CC(c6ccc(-c7ncnc8nc[nH]c78)cc6)CC5=O)CC4)nc4c3ncn4C3CCCCO3)cc2)CC(O)=C1C=NCCN1CCN(CCO)CC1. The fourth-order valence-electron chi connectivity index (χ4n) is 11.6. The summed E-state index contributed by atoms with van der Waals surface area (Å²) in [4.78, 5) is 76.1. The Kier molecular flexibility index (Phi) is 16.6. The third-order valence-corrected chi connectivity index (χ3v) is 16.1. The predicted molar refractivity (Wildman–Crippen MR) is 295 cm³/mol. The summed E-state index contributed by atoms with van der Waals surface area (Å²) in [6.45, 7) is 10.2. The number of piperazine rings is 2. The number of nitrogens with one attached hydrogen (secondary N) is 1. The van der Waals surface area contributed by atoms with Crippen LogP contribution in [0.15, 0.2) is 100 Å². The number of ether oxygens (including phenoxy) is 1. The van der Waals surface area contributed by atoms with Gasteiger partial charge in [-0.15, -0.1) is 0 Å². The highest BCUT2D eigenvalue weighted by atomic mass is 16.5. The standard InChI is InChI=1S/C57H68N14O7/c72-25-24-69-18-16-67(17-19-69)14-12-58-31-43-48(76)29-42(30-49(43)77)38-6-10-40(11-7-38)52-54-57(71(36-64-54)50-3-1-2-26-78-50)66-55(65-52)45(33-73)70-22-20-68(21-23-70)15-13-59-32-44-46(74)27-41(28-47(44)75)37-4-8-39(9-5-37)51-53-56(62-34-60-51)63-35-61-53/h4-11,31-32,34-36,41-42,45,50,72-74,76H,1-3,12-30,33H2,(H,60,61,62,63). The first-order valence-corrected chi connectivity index (χ1v) is 27.4. The third-order valence-electron chi connectivity index (χ3n) is 16.1. The minimum Gasteiger partial charge on any atom is -0.511 e. The van der Waals surface area contributed by atoms with Gasteiger partial charge in [-0.25, -0.2) is 29.9 Å². The van der Waals surface area contributed by atoms with Crippen LogP contribution in [0.5, 0.6) is 0 Å². The van der Waals surface area contributed by atoms with Crippen LogP contribution in [0, 0.1) is 0 Å². The molecule has 2 aliphatic carbocycles. The number of aliphatic imine (C=N–C) groups is 2. The van der Waals surface area contributed by atoms with Crippen LogP contribution in [0.1, 0.15) is 86.0 Å². The van der Waals surface area contributed by atoms with Gasteiger partial charge in [0.2, 0.25) is 0 Å². The number of aromatic nitrogens is 8. The van der Waals surface area contributed by atoms with E-state index < -0.39 is 6.04 Å². The molecule has 0 radical (unpaired) electrons. The van der Waals surface area contributed by atoms with Crippen molar-refractivity contribution in [2.24, 2.45) is 9.98 Å². The van der Waals surface area contributed by atoms with Gasteiger partial charge in [-0.3, -0.25) is 43.7 Å². The summed E-state index contributed by atoms with van der Waals surface area (Å²) >= 11 is 0. The molecule has 3 aliphatic heterocycles. The highest BCUT2D eigenvalue weighted by Crippen LogP contribution is 2.38. The fourth-order valence-corrected chi connectivity index (χ4v) is 11.6. The van der Waals surface area contributed by atoms with Crippen LogP contribution in [0.25, 0.3) is 44.8 Å². The Hall–Kier alpha value is -6.98.